The van der Waals surface area contributed by atoms with Crippen LogP contribution in [-0.2, 0) is 15.9 Å². The van der Waals surface area contributed by atoms with Crippen molar-refractivity contribution < 1.29 is 9.47 Å². The summed E-state index contributed by atoms with van der Waals surface area (Å²) in [6, 6.07) is 0. The lowest BCUT2D eigenvalue weighted by atomic mass is 10.1. The number of hydrogen-bond acceptors (Lipinski definition) is 5. The Balaban J connectivity index is 2.06. The number of aryl methyl sites for hydroxylation is 1. The van der Waals surface area contributed by atoms with Crippen molar-refractivity contribution in [3.63, 3.8) is 0 Å². The van der Waals surface area contributed by atoms with Crippen LogP contribution in [0.25, 0.3) is 0 Å². The van der Waals surface area contributed by atoms with Crippen molar-refractivity contribution in [2.75, 3.05) is 18.9 Å². The molecular formula is C10H15N3O2S. The molecule has 1 saturated heterocycles. The number of ether oxygens (including phenoxy) is 2. The second-order valence-corrected chi connectivity index (χ2v) is 4.13. The van der Waals surface area contributed by atoms with Gasteiger partial charge in [0.25, 0.3) is 0 Å². The number of hydrogen-bond donors (Lipinski definition) is 2. The highest BCUT2D eigenvalue weighted by atomic mass is 32.1. The molecule has 3 N–H and O–H groups in total. The second-order valence-electron chi connectivity index (χ2n) is 3.74. The number of rotatable bonds is 3. The number of nitrogen functional groups attached to an aromatic ring is 1. The average molecular weight is 241 g/mol. The molecular weight excluding hydrogens is 226 g/mol. The molecule has 1 aliphatic heterocycles. The Morgan fingerprint density at radius 3 is 2.81 bits per heavy atom. The summed E-state index contributed by atoms with van der Waals surface area (Å²) >= 11 is 5.17. The van der Waals surface area contributed by atoms with E-state index in [2.05, 4.69) is 9.97 Å². The summed E-state index contributed by atoms with van der Waals surface area (Å²) in [5.74, 6) is 0.361. The molecule has 5 nitrogen and oxygen atoms in total. The summed E-state index contributed by atoms with van der Waals surface area (Å²) in [6.07, 6.45) is 1.48. The van der Waals surface area contributed by atoms with Gasteiger partial charge in [-0.2, -0.15) is 0 Å². The predicted octanol–water partition coefficient (Wildman–Crippen LogP) is 1.34. The summed E-state index contributed by atoms with van der Waals surface area (Å²) in [5, 5.41) is 0. The van der Waals surface area contributed by atoms with E-state index in [4.69, 9.17) is 27.4 Å². The summed E-state index contributed by atoms with van der Waals surface area (Å²) in [4.78, 5) is 7.01. The number of anilines is 1. The van der Waals surface area contributed by atoms with E-state index in [1.54, 1.807) is 0 Å². The Morgan fingerprint density at radius 1 is 1.50 bits per heavy atom. The molecule has 1 aromatic rings. The molecule has 1 aromatic heterocycles. The van der Waals surface area contributed by atoms with Gasteiger partial charge in [-0.1, -0.05) is 12.2 Å². The van der Waals surface area contributed by atoms with Gasteiger partial charge in [0.15, 0.2) is 12.2 Å². The number of nitrogens with two attached hydrogens (primary N) is 1. The zero-order chi connectivity index (χ0) is 11.5. The third-order valence-electron chi connectivity index (χ3n) is 2.57. The Morgan fingerprint density at radius 2 is 2.19 bits per heavy atom. The summed E-state index contributed by atoms with van der Waals surface area (Å²) in [6.45, 7) is 3.30. The summed E-state index contributed by atoms with van der Waals surface area (Å²) in [5.41, 5.74) is 7.55. The number of nitrogens with zero attached hydrogens (tertiary/aromatic N) is 1. The van der Waals surface area contributed by atoms with Gasteiger partial charge >= 0.3 is 0 Å². The lowest BCUT2D eigenvalue weighted by Crippen LogP contribution is -2.10. The average Bonchev–Trinajstić information content (AvgIpc) is 2.68. The topological polar surface area (TPSA) is 73.2 Å². The van der Waals surface area contributed by atoms with Crippen LogP contribution in [0.2, 0.25) is 0 Å². The molecule has 2 rings (SSSR count). The normalized spacial score (nSPS) is 16.8. The van der Waals surface area contributed by atoms with Crippen LogP contribution in [0.3, 0.4) is 0 Å². The zero-order valence-corrected chi connectivity index (χ0v) is 9.97. The van der Waals surface area contributed by atoms with E-state index in [1.165, 1.54) is 0 Å². The molecule has 0 bridgehead atoms. The molecule has 0 saturated carbocycles. The maximum atomic E-state index is 5.56. The van der Waals surface area contributed by atoms with Gasteiger partial charge in [-0.05, 0) is 13.3 Å². The van der Waals surface area contributed by atoms with Crippen LogP contribution >= 0.6 is 12.2 Å². The van der Waals surface area contributed by atoms with E-state index in [0.29, 0.717) is 23.8 Å². The number of H-pyrrole nitrogens is 1. The molecule has 0 aliphatic carbocycles. The highest BCUT2D eigenvalue weighted by molar-refractivity contribution is 7.71. The van der Waals surface area contributed by atoms with Crippen molar-refractivity contribution in [2.24, 2.45) is 0 Å². The molecule has 1 aliphatic rings. The van der Waals surface area contributed by atoms with Crippen LogP contribution in [0.5, 0.6) is 0 Å². The first-order valence-electron chi connectivity index (χ1n) is 5.25. The SMILES string of the molecule is Cc1[nH]c(N)nc(=S)c1CCC1OCCO1. The van der Waals surface area contributed by atoms with Crippen LogP contribution in [0.15, 0.2) is 0 Å². The molecule has 0 unspecified atom stereocenters. The van der Waals surface area contributed by atoms with Crippen LogP contribution in [0, 0.1) is 11.6 Å². The van der Waals surface area contributed by atoms with Crippen molar-refractivity contribution in [3.05, 3.63) is 15.9 Å². The van der Waals surface area contributed by atoms with Gasteiger partial charge in [0.05, 0.1) is 13.2 Å². The summed E-state index contributed by atoms with van der Waals surface area (Å²) < 4.78 is 11.3. The molecule has 0 radical (unpaired) electrons. The molecule has 0 spiro atoms. The van der Waals surface area contributed by atoms with Gasteiger partial charge < -0.3 is 20.2 Å². The van der Waals surface area contributed by atoms with Crippen LogP contribution in [0.4, 0.5) is 5.95 Å². The maximum Gasteiger partial charge on any atom is 0.198 e. The lowest BCUT2D eigenvalue weighted by Gasteiger charge is -2.10. The molecule has 0 amide bonds. The fourth-order valence-corrected chi connectivity index (χ4v) is 2.12. The van der Waals surface area contributed by atoms with Gasteiger partial charge in [0.2, 0.25) is 0 Å². The monoisotopic (exact) mass is 241 g/mol. The first-order chi connectivity index (χ1) is 7.66. The molecule has 0 atom stereocenters. The van der Waals surface area contributed by atoms with Gasteiger partial charge in [0.1, 0.15) is 4.64 Å². The number of aromatic amines is 1. The molecule has 6 heteroatoms. The van der Waals surface area contributed by atoms with E-state index < -0.39 is 0 Å². The maximum absolute atomic E-state index is 5.56. The van der Waals surface area contributed by atoms with Crippen molar-refractivity contribution in [2.45, 2.75) is 26.1 Å². The van der Waals surface area contributed by atoms with Crippen molar-refractivity contribution in [3.8, 4) is 0 Å². The largest absolute Gasteiger partial charge is 0.369 e. The Bertz CT molecular complexity index is 427. The molecule has 0 aromatic carbocycles. The zero-order valence-electron chi connectivity index (χ0n) is 9.16. The summed E-state index contributed by atoms with van der Waals surface area (Å²) in [7, 11) is 0. The van der Waals surface area contributed by atoms with Gasteiger partial charge in [-0.15, -0.1) is 0 Å². The fourth-order valence-electron chi connectivity index (χ4n) is 1.76. The third kappa shape index (κ3) is 2.58. The lowest BCUT2D eigenvalue weighted by molar-refractivity contribution is -0.0462. The predicted molar refractivity (Wildman–Crippen MR) is 62.6 cm³/mol. The van der Waals surface area contributed by atoms with Crippen LogP contribution < -0.4 is 5.73 Å². The van der Waals surface area contributed by atoms with E-state index in [9.17, 15) is 0 Å². The van der Waals surface area contributed by atoms with E-state index in [1.807, 2.05) is 6.92 Å². The van der Waals surface area contributed by atoms with E-state index in [0.717, 1.165) is 24.1 Å². The van der Waals surface area contributed by atoms with Crippen LogP contribution in [-0.4, -0.2) is 29.5 Å². The number of aromatic nitrogens is 2. The Labute approximate surface area is 99.0 Å². The first kappa shape index (κ1) is 11.5. The van der Waals surface area contributed by atoms with Crippen molar-refractivity contribution in [1.29, 1.82) is 0 Å². The highest BCUT2D eigenvalue weighted by Gasteiger charge is 2.16. The molecule has 2 heterocycles. The van der Waals surface area contributed by atoms with Gasteiger partial charge in [0, 0.05) is 17.7 Å². The van der Waals surface area contributed by atoms with Crippen LogP contribution in [0.1, 0.15) is 17.7 Å². The van der Waals surface area contributed by atoms with E-state index in [-0.39, 0.29) is 6.29 Å². The molecule has 16 heavy (non-hydrogen) atoms. The molecule has 1 fully saturated rings. The third-order valence-corrected chi connectivity index (χ3v) is 2.91. The molecule has 88 valence electrons. The second kappa shape index (κ2) is 4.90. The van der Waals surface area contributed by atoms with Gasteiger partial charge in [-0.3, -0.25) is 0 Å². The Kier molecular flexibility index (Phi) is 3.52. The smallest absolute Gasteiger partial charge is 0.198 e. The minimum atomic E-state index is -0.105. The van der Waals surface area contributed by atoms with Crippen molar-refractivity contribution >= 4 is 18.2 Å². The quantitative estimate of drug-likeness (QED) is 0.781. The standard InChI is InChI=1S/C10H15N3O2S/c1-6-7(9(16)13-10(11)12-6)2-3-8-14-4-5-15-8/h8H,2-5H2,1H3,(H3,11,12,13,16). The minimum absolute atomic E-state index is 0.105. The highest BCUT2D eigenvalue weighted by Crippen LogP contribution is 2.15. The minimum Gasteiger partial charge on any atom is -0.369 e. The number of nitrogens with one attached hydrogen (secondary N) is 1. The fraction of sp³-hybridized carbons (Fsp3) is 0.600. The first-order valence-corrected chi connectivity index (χ1v) is 5.66. The Hall–Kier alpha value is -0.980. The van der Waals surface area contributed by atoms with Crippen molar-refractivity contribution in [1.82, 2.24) is 9.97 Å². The van der Waals surface area contributed by atoms with E-state index >= 15 is 0 Å². The van der Waals surface area contributed by atoms with Gasteiger partial charge in [-0.25, -0.2) is 4.98 Å².